The number of amides is 2. The topological polar surface area (TPSA) is 102 Å². The first-order valence-corrected chi connectivity index (χ1v) is 9.25. The number of nitrogens with zero attached hydrogens (tertiary/aromatic N) is 4. The first kappa shape index (κ1) is 17.7. The van der Waals surface area contributed by atoms with Gasteiger partial charge in [-0.2, -0.15) is 4.98 Å². The van der Waals surface area contributed by atoms with E-state index in [9.17, 15) is 9.59 Å². The number of furan rings is 1. The average Bonchev–Trinajstić information content (AvgIpc) is 3.47. The molecule has 2 aliphatic heterocycles. The molecule has 0 radical (unpaired) electrons. The summed E-state index contributed by atoms with van der Waals surface area (Å²) in [7, 11) is 0. The highest BCUT2D eigenvalue weighted by atomic mass is 16.5. The normalized spacial score (nSPS) is 20.2. The van der Waals surface area contributed by atoms with Gasteiger partial charge in [-0.15, -0.1) is 0 Å². The third-order valence-electron chi connectivity index (χ3n) is 4.91. The highest BCUT2D eigenvalue weighted by molar-refractivity contribution is 5.82. The molecule has 0 aliphatic carbocycles. The SMILES string of the molecule is O=C(CCc1nc(-c2ccco2)no1)N1CCN(C(=O)C2CCCO2)CC1. The minimum absolute atomic E-state index is 0.0250. The van der Waals surface area contributed by atoms with Crippen LogP contribution in [0, 0.1) is 0 Å². The summed E-state index contributed by atoms with van der Waals surface area (Å²) in [6.45, 7) is 2.84. The van der Waals surface area contributed by atoms with Gasteiger partial charge in [-0.05, 0) is 25.0 Å². The van der Waals surface area contributed by atoms with Crippen molar-refractivity contribution >= 4 is 11.8 Å². The number of aromatic nitrogens is 2. The van der Waals surface area contributed by atoms with Crippen molar-refractivity contribution in [2.75, 3.05) is 32.8 Å². The van der Waals surface area contributed by atoms with Gasteiger partial charge in [0.1, 0.15) is 6.10 Å². The van der Waals surface area contributed by atoms with Gasteiger partial charge in [0.25, 0.3) is 5.91 Å². The first-order valence-electron chi connectivity index (χ1n) is 9.25. The minimum Gasteiger partial charge on any atom is -0.461 e. The van der Waals surface area contributed by atoms with E-state index >= 15 is 0 Å². The lowest BCUT2D eigenvalue weighted by atomic mass is 10.2. The predicted molar refractivity (Wildman–Crippen MR) is 92.5 cm³/mol. The first-order chi connectivity index (χ1) is 13.2. The van der Waals surface area contributed by atoms with E-state index in [0.717, 1.165) is 12.8 Å². The van der Waals surface area contributed by atoms with Crippen molar-refractivity contribution in [2.24, 2.45) is 0 Å². The van der Waals surface area contributed by atoms with Crippen molar-refractivity contribution in [3.05, 3.63) is 24.3 Å². The Hall–Kier alpha value is -2.68. The van der Waals surface area contributed by atoms with Gasteiger partial charge in [-0.3, -0.25) is 9.59 Å². The lowest BCUT2D eigenvalue weighted by Gasteiger charge is -2.35. The van der Waals surface area contributed by atoms with Crippen LogP contribution in [-0.2, 0) is 20.7 Å². The van der Waals surface area contributed by atoms with Gasteiger partial charge in [0, 0.05) is 45.6 Å². The van der Waals surface area contributed by atoms with Crippen LogP contribution in [0.15, 0.2) is 27.3 Å². The van der Waals surface area contributed by atoms with Crippen LogP contribution in [0.2, 0.25) is 0 Å². The zero-order chi connectivity index (χ0) is 18.6. The van der Waals surface area contributed by atoms with E-state index in [1.807, 2.05) is 0 Å². The van der Waals surface area contributed by atoms with Gasteiger partial charge in [-0.1, -0.05) is 5.16 Å². The molecule has 2 amide bonds. The Morgan fingerprint density at radius 1 is 1.19 bits per heavy atom. The van der Waals surface area contributed by atoms with Gasteiger partial charge in [0.2, 0.25) is 17.6 Å². The number of piperazine rings is 1. The highest BCUT2D eigenvalue weighted by Crippen LogP contribution is 2.18. The van der Waals surface area contributed by atoms with Crippen molar-refractivity contribution < 1.29 is 23.3 Å². The number of hydrogen-bond acceptors (Lipinski definition) is 7. The molecule has 9 nitrogen and oxygen atoms in total. The van der Waals surface area contributed by atoms with E-state index in [4.69, 9.17) is 13.7 Å². The second-order valence-electron chi connectivity index (χ2n) is 6.70. The fraction of sp³-hybridized carbons (Fsp3) is 0.556. The molecule has 9 heteroatoms. The molecule has 2 fully saturated rings. The molecule has 0 N–H and O–H groups in total. The van der Waals surface area contributed by atoms with E-state index in [1.54, 1.807) is 21.9 Å². The molecule has 0 spiro atoms. The van der Waals surface area contributed by atoms with Gasteiger partial charge < -0.3 is 23.5 Å². The summed E-state index contributed by atoms with van der Waals surface area (Å²) >= 11 is 0. The van der Waals surface area contributed by atoms with Crippen molar-refractivity contribution in [2.45, 2.75) is 31.8 Å². The number of hydrogen-bond donors (Lipinski definition) is 0. The smallest absolute Gasteiger partial charge is 0.251 e. The number of carbonyl (C=O) groups excluding carboxylic acids is 2. The molecule has 27 heavy (non-hydrogen) atoms. The van der Waals surface area contributed by atoms with Crippen LogP contribution in [0.4, 0.5) is 0 Å². The maximum absolute atomic E-state index is 12.4. The Morgan fingerprint density at radius 3 is 2.70 bits per heavy atom. The van der Waals surface area contributed by atoms with Crippen molar-refractivity contribution in [1.29, 1.82) is 0 Å². The molecule has 4 rings (SSSR count). The molecule has 1 unspecified atom stereocenters. The maximum atomic E-state index is 12.4. The zero-order valence-corrected chi connectivity index (χ0v) is 15.0. The lowest BCUT2D eigenvalue weighted by molar-refractivity contribution is -0.146. The van der Waals surface area contributed by atoms with Gasteiger partial charge >= 0.3 is 0 Å². The van der Waals surface area contributed by atoms with Crippen LogP contribution in [0.25, 0.3) is 11.6 Å². The van der Waals surface area contributed by atoms with Crippen LogP contribution >= 0.6 is 0 Å². The summed E-state index contributed by atoms with van der Waals surface area (Å²) in [5.41, 5.74) is 0. The Kier molecular flexibility index (Phi) is 5.19. The molecule has 0 bridgehead atoms. The fourth-order valence-corrected chi connectivity index (χ4v) is 3.39. The zero-order valence-electron chi connectivity index (χ0n) is 15.0. The summed E-state index contributed by atoms with van der Waals surface area (Å²) < 4.78 is 15.8. The lowest BCUT2D eigenvalue weighted by Crippen LogP contribution is -2.52. The Labute approximate surface area is 156 Å². The second kappa shape index (κ2) is 7.91. The van der Waals surface area contributed by atoms with E-state index < -0.39 is 0 Å². The monoisotopic (exact) mass is 374 g/mol. The maximum Gasteiger partial charge on any atom is 0.251 e. The summed E-state index contributed by atoms with van der Waals surface area (Å²) in [4.78, 5) is 32.6. The van der Waals surface area contributed by atoms with Crippen molar-refractivity contribution in [3.8, 4) is 11.6 Å². The Bertz CT molecular complexity index is 774. The molecule has 2 aromatic rings. The van der Waals surface area contributed by atoms with E-state index in [-0.39, 0.29) is 17.9 Å². The summed E-state index contributed by atoms with van der Waals surface area (Å²) in [5.74, 6) is 1.39. The van der Waals surface area contributed by atoms with Crippen molar-refractivity contribution in [3.63, 3.8) is 0 Å². The second-order valence-corrected chi connectivity index (χ2v) is 6.70. The molecular weight excluding hydrogens is 352 g/mol. The number of carbonyl (C=O) groups is 2. The highest BCUT2D eigenvalue weighted by Gasteiger charge is 2.31. The Morgan fingerprint density at radius 2 is 2.00 bits per heavy atom. The number of aryl methyl sites for hydroxylation is 1. The largest absolute Gasteiger partial charge is 0.461 e. The quantitative estimate of drug-likeness (QED) is 0.772. The third-order valence-corrected chi connectivity index (χ3v) is 4.91. The van der Waals surface area contributed by atoms with E-state index in [1.165, 1.54) is 6.26 Å². The summed E-state index contributed by atoms with van der Waals surface area (Å²) in [5, 5.41) is 3.86. The summed E-state index contributed by atoms with van der Waals surface area (Å²) in [6.07, 6.45) is 3.64. The molecule has 1 atom stereocenters. The van der Waals surface area contributed by atoms with Gasteiger partial charge in [0.05, 0.1) is 6.26 Å². The average molecular weight is 374 g/mol. The molecule has 2 saturated heterocycles. The van der Waals surface area contributed by atoms with Crippen LogP contribution in [0.3, 0.4) is 0 Å². The summed E-state index contributed by atoms with van der Waals surface area (Å²) in [6, 6.07) is 3.50. The number of rotatable bonds is 5. The van der Waals surface area contributed by atoms with Crippen molar-refractivity contribution in [1.82, 2.24) is 19.9 Å². The van der Waals surface area contributed by atoms with E-state index in [2.05, 4.69) is 10.1 Å². The molecule has 2 aliphatic rings. The molecule has 2 aromatic heterocycles. The standard InChI is InChI=1S/C18H22N4O5/c23-16(6-5-15-19-17(20-27-15)13-3-1-11-25-13)21-7-9-22(10-8-21)18(24)14-4-2-12-26-14/h1,3,11,14H,2,4-10,12H2. The number of ether oxygens (including phenoxy) is 1. The Balaban J connectivity index is 1.23. The molecule has 0 aromatic carbocycles. The fourth-order valence-electron chi connectivity index (χ4n) is 3.39. The van der Waals surface area contributed by atoms with Gasteiger partial charge in [-0.25, -0.2) is 0 Å². The molecule has 0 saturated carbocycles. The van der Waals surface area contributed by atoms with Gasteiger partial charge in [0.15, 0.2) is 5.76 Å². The van der Waals surface area contributed by atoms with Crippen LogP contribution in [0.5, 0.6) is 0 Å². The van der Waals surface area contributed by atoms with Crippen LogP contribution < -0.4 is 0 Å². The van der Waals surface area contributed by atoms with E-state index in [0.29, 0.717) is 63.1 Å². The molecule has 4 heterocycles. The third kappa shape index (κ3) is 4.02. The predicted octanol–water partition coefficient (Wildman–Crippen LogP) is 1.11. The molecule has 144 valence electrons. The van der Waals surface area contributed by atoms with Crippen LogP contribution in [-0.4, -0.2) is 70.6 Å². The minimum atomic E-state index is -0.298. The van der Waals surface area contributed by atoms with Crippen LogP contribution in [0.1, 0.15) is 25.2 Å². The molecular formula is C18H22N4O5.